The number of aryl methyl sites for hydroxylation is 2. The topological polar surface area (TPSA) is 49.9 Å². The second kappa shape index (κ2) is 4.91. The minimum atomic E-state index is 0.744. The van der Waals surface area contributed by atoms with Gasteiger partial charge in [-0.15, -0.1) is 0 Å². The third-order valence-electron chi connectivity index (χ3n) is 2.66. The number of aromatic nitrogens is 2. The highest BCUT2D eigenvalue weighted by Gasteiger charge is 2.01. The fraction of sp³-hybridized carbons (Fsp3) is 0.308. The van der Waals surface area contributed by atoms with Gasteiger partial charge in [0.2, 0.25) is 0 Å². The van der Waals surface area contributed by atoms with Gasteiger partial charge in [0, 0.05) is 5.69 Å². The molecule has 2 rings (SSSR count). The third-order valence-corrected chi connectivity index (χ3v) is 2.66. The molecule has 2 aromatic rings. The summed E-state index contributed by atoms with van der Waals surface area (Å²) < 4.78 is 5.17. The number of anilines is 1. The Balaban J connectivity index is 2.04. The van der Waals surface area contributed by atoms with Crippen molar-refractivity contribution in [2.45, 2.75) is 20.4 Å². The summed E-state index contributed by atoms with van der Waals surface area (Å²) in [6.07, 6.45) is 1.85. The van der Waals surface area contributed by atoms with Gasteiger partial charge in [0.15, 0.2) is 0 Å². The van der Waals surface area contributed by atoms with Crippen LogP contribution in [0.25, 0.3) is 0 Å². The molecule has 1 aromatic heterocycles. The van der Waals surface area contributed by atoms with Crippen molar-refractivity contribution < 1.29 is 4.74 Å². The number of H-pyrrole nitrogens is 1. The molecule has 4 heteroatoms. The molecule has 0 atom stereocenters. The number of nitrogens with zero attached hydrogens (tertiary/aromatic N) is 1. The summed E-state index contributed by atoms with van der Waals surface area (Å²) in [5.74, 6) is 1.82. The molecule has 0 spiro atoms. The molecule has 1 heterocycles. The van der Waals surface area contributed by atoms with E-state index in [-0.39, 0.29) is 0 Å². The van der Waals surface area contributed by atoms with Crippen molar-refractivity contribution in [2.75, 3.05) is 12.4 Å². The maximum absolute atomic E-state index is 5.17. The lowest BCUT2D eigenvalue weighted by atomic mass is 10.2. The Hall–Kier alpha value is -1.97. The zero-order valence-electron chi connectivity index (χ0n) is 10.4. The molecule has 0 aliphatic carbocycles. The normalized spacial score (nSPS) is 10.3. The zero-order chi connectivity index (χ0) is 12.3. The van der Waals surface area contributed by atoms with E-state index >= 15 is 0 Å². The molecule has 90 valence electrons. The summed E-state index contributed by atoms with van der Waals surface area (Å²) in [7, 11) is 1.68. The number of ether oxygens (including phenoxy) is 1. The van der Waals surface area contributed by atoms with Crippen LogP contribution in [0.3, 0.4) is 0 Å². The van der Waals surface area contributed by atoms with Crippen molar-refractivity contribution in [2.24, 2.45) is 0 Å². The Morgan fingerprint density at radius 2 is 2.18 bits per heavy atom. The van der Waals surface area contributed by atoms with Crippen LogP contribution in [-0.4, -0.2) is 17.1 Å². The molecule has 0 unspecified atom stereocenters. The molecular weight excluding hydrogens is 214 g/mol. The second-order valence-corrected chi connectivity index (χ2v) is 4.03. The van der Waals surface area contributed by atoms with Gasteiger partial charge in [-0.05, 0) is 37.6 Å². The Kier molecular flexibility index (Phi) is 3.32. The minimum absolute atomic E-state index is 0.744. The number of rotatable bonds is 4. The van der Waals surface area contributed by atoms with E-state index < -0.39 is 0 Å². The lowest BCUT2D eigenvalue weighted by Gasteiger charge is -2.09. The molecule has 2 N–H and O–H groups in total. The first-order valence-electron chi connectivity index (χ1n) is 5.58. The van der Waals surface area contributed by atoms with E-state index in [4.69, 9.17) is 4.74 Å². The average molecular weight is 231 g/mol. The minimum Gasteiger partial charge on any atom is -0.497 e. The third kappa shape index (κ3) is 2.78. The van der Waals surface area contributed by atoms with Gasteiger partial charge >= 0.3 is 0 Å². The van der Waals surface area contributed by atoms with Crippen molar-refractivity contribution in [3.05, 3.63) is 41.5 Å². The fourth-order valence-electron chi connectivity index (χ4n) is 1.71. The quantitative estimate of drug-likeness (QED) is 0.850. The van der Waals surface area contributed by atoms with Crippen molar-refractivity contribution in [3.8, 4) is 5.75 Å². The maximum atomic E-state index is 5.17. The first-order chi connectivity index (χ1) is 8.19. The van der Waals surface area contributed by atoms with Gasteiger partial charge in [-0.25, -0.2) is 4.98 Å². The van der Waals surface area contributed by atoms with E-state index in [2.05, 4.69) is 22.2 Å². The molecule has 0 aliphatic heterocycles. The Morgan fingerprint density at radius 3 is 2.76 bits per heavy atom. The van der Waals surface area contributed by atoms with Gasteiger partial charge in [0.1, 0.15) is 11.6 Å². The summed E-state index contributed by atoms with van der Waals surface area (Å²) in [6.45, 7) is 4.75. The number of hydrogen-bond acceptors (Lipinski definition) is 3. The lowest BCUT2D eigenvalue weighted by Crippen LogP contribution is -2.01. The zero-order valence-corrected chi connectivity index (χ0v) is 10.4. The van der Waals surface area contributed by atoms with E-state index in [9.17, 15) is 0 Å². The number of aromatic amines is 1. The molecule has 0 saturated carbocycles. The first-order valence-corrected chi connectivity index (χ1v) is 5.58. The van der Waals surface area contributed by atoms with Gasteiger partial charge < -0.3 is 15.0 Å². The van der Waals surface area contributed by atoms with Gasteiger partial charge in [-0.3, -0.25) is 0 Å². The Bertz CT molecular complexity index is 505. The van der Waals surface area contributed by atoms with Crippen LogP contribution < -0.4 is 10.1 Å². The van der Waals surface area contributed by atoms with Crippen molar-refractivity contribution in [1.29, 1.82) is 0 Å². The Morgan fingerprint density at radius 1 is 1.35 bits per heavy atom. The van der Waals surface area contributed by atoms with Crippen molar-refractivity contribution in [1.82, 2.24) is 9.97 Å². The molecule has 1 aromatic carbocycles. The summed E-state index contributed by atoms with van der Waals surface area (Å²) in [5.41, 5.74) is 3.36. The predicted octanol–water partition coefficient (Wildman–Crippen LogP) is 2.65. The van der Waals surface area contributed by atoms with E-state index in [1.54, 1.807) is 7.11 Å². The van der Waals surface area contributed by atoms with E-state index in [1.807, 2.05) is 31.3 Å². The van der Waals surface area contributed by atoms with Gasteiger partial charge in [0.05, 0.1) is 25.5 Å². The Labute approximate surface area is 101 Å². The van der Waals surface area contributed by atoms with Gasteiger partial charge in [-0.2, -0.15) is 0 Å². The molecule has 0 saturated heterocycles. The van der Waals surface area contributed by atoms with Gasteiger partial charge in [0.25, 0.3) is 0 Å². The van der Waals surface area contributed by atoms with E-state index in [1.165, 1.54) is 5.56 Å². The monoisotopic (exact) mass is 231 g/mol. The standard InChI is InChI=1S/C13H17N3O/c1-9-6-12(17-3)4-5-13(9)15-8-11-7-14-10(2)16-11/h4-7,15H,8H2,1-3H3,(H,14,16). The smallest absolute Gasteiger partial charge is 0.119 e. The molecule has 0 aliphatic rings. The molecule has 4 nitrogen and oxygen atoms in total. The number of nitrogens with one attached hydrogen (secondary N) is 2. The van der Waals surface area contributed by atoms with Crippen LogP contribution in [0, 0.1) is 13.8 Å². The van der Waals surface area contributed by atoms with Crippen molar-refractivity contribution >= 4 is 5.69 Å². The number of imidazole rings is 1. The highest BCUT2D eigenvalue weighted by atomic mass is 16.5. The lowest BCUT2D eigenvalue weighted by molar-refractivity contribution is 0.414. The van der Waals surface area contributed by atoms with Crippen LogP contribution in [0.2, 0.25) is 0 Å². The van der Waals surface area contributed by atoms with E-state index in [0.29, 0.717) is 0 Å². The number of benzene rings is 1. The number of methoxy groups -OCH3 is 1. The molecular formula is C13H17N3O. The van der Waals surface area contributed by atoms with Crippen LogP contribution in [-0.2, 0) is 6.54 Å². The second-order valence-electron chi connectivity index (χ2n) is 4.03. The van der Waals surface area contributed by atoms with Crippen molar-refractivity contribution in [3.63, 3.8) is 0 Å². The largest absolute Gasteiger partial charge is 0.497 e. The molecule has 17 heavy (non-hydrogen) atoms. The summed E-state index contributed by atoms with van der Waals surface area (Å²) >= 11 is 0. The van der Waals surface area contributed by atoms with Crippen LogP contribution in [0.4, 0.5) is 5.69 Å². The van der Waals surface area contributed by atoms with Gasteiger partial charge in [-0.1, -0.05) is 0 Å². The average Bonchev–Trinajstić information content (AvgIpc) is 2.73. The molecule has 0 bridgehead atoms. The summed E-state index contributed by atoms with van der Waals surface area (Å²) in [5, 5.41) is 3.37. The predicted molar refractivity (Wildman–Crippen MR) is 68.4 cm³/mol. The summed E-state index contributed by atoms with van der Waals surface area (Å²) in [6, 6.07) is 5.99. The summed E-state index contributed by atoms with van der Waals surface area (Å²) in [4.78, 5) is 7.35. The van der Waals surface area contributed by atoms with Crippen LogP contribution in [0.1, 0.15) is 17.1 Å². The highest BCUT2D eigenvalue weighted by Crippen LogP contribution is 2.21. The fourth-order valence-corrected chi connectivity index (χ4v) is 1.71. The van der Waals surface area contributed by atoms with Crippen LogP contribution >= 0.6 is 0 Å². The molecule has 0 radical (unpaired) electrons. The van der Waals surface area contributed by atoms with Crippen LogP contribution in [0.5, 0.6) is 5.75 Å². The number of hydrogen-bond donors (Lipinski definition) is 2. The van der Waals surface area contributed by atoms with E-state index in [0.717, 1.165) is 29.5 Å². The molecule has 0 amide bonds. The first kappa shape index (κ1) is 11.5. The maximum Gasteiger partial charge on any atom is 0.119 e. The molecule has 0 fully saturated rings. The SMILES string of the molecule is COc1ccc(NCc2cnc(C)[nH]2)c(C)c1. The van der Waals surface area contributed by atoms with Crippen LogP contribution in [0.15, 0.2) is 24.4 Å². The highest BCUT2D eigenvalue weighted by molar-refractivity contribution is 5.53.